The Balaban J connectivity index is 3.01. The maximum Gasteiger partial charge on any atom is 0.234 e. The van der Waals surface area contributed by atoms with E-state index in [1.165, 1.54) is 16.7 Å². The number of thioether (sulfide) groups is 1. The van der Waals surface area contributed by atoms with Crippen LogP contribution >= 0.6 is 11.8 Å². The third-order valence-corrected chi connectivity index (χ3v) is 5.85. The lowest BCUT2D eigenvalue weighted by Gasteiger charge is -2.36. The number of hydrogen-bond donors (Lipinski definition) is 2. The largest absolute Gasteiger partial charge is 0.409 e. The maximum absolute atomic E-state index is 12.5. The molecule has 2 atom stereocenters. The van der Waals surface area contributed by atoms with E-state index in [2.05, 4.69) is 5.16 Å². The second-order valence-electron chi connectivity index (χ2n) is 4.76. The third kappa shape index (κ3) is 4.02. The molecule has 0 saturated carbocycles. The Hall–Kier alpha value is -0.960. The predicted octanol–water partition coefficient (Wildman–Crippen LogP) is 0.0952. The zero-order valence-corrected chi connectivity index (χ0v) is 13.3. The highest BCUT2D eigenvalue weighted by atomic mass is 32.2. The molecule has 1 amide bonds. The first-order valence-corrected chi connectivity index (χ1v) is 9.48. The van der Waals surface area contributed by atoms with Crippen molar-refractivity contribution >= 4 is 33.3 Å². The highest BCUT2D eigenvalue weighted by Gasteiger charge is 2.38. The molecule has 3 N–H and O–H groups in total. The van der Waals surface area contributed by atoms with Crippen LogP contribution in [0.15, 0.2) is 5.16 Å². The summed E-state index contributed by atoms with van der Waals surface area (Å²) in [6.07, 6.45) is 2.23. The van der Waals surface area contributed by atoms with E-state index in [0.717, 1.165) is 6.26 Å². The van der Waals surface area contributed by atoms with Crippen molar-refractivity contribution in [3.8, 4) is 0 Å². The van der Waals surface area contributed by atoms with Gasteiger partial charge < -0.3 is 15.8 Å². The van der Waals surface area contributed by atoms with Gasteiger partial charge in [-0.25, -0.2) is 8.42 Å². The lowest BCUT2D eigenvalue weighted by molar-refractivity contribution is -0.134. The summed E-state index contributed by atoms with van der Waals surface area (Å²) in [4.78, 5) is 13.9. The van der Waals surface area contributed by atoms with Gasteiger partial charge in [0, 0.05) is 24.3 Å². The molecule has 9 heteroatoms. The highest BCUT2D eigenvalue weighted by Crippen LogP contribution is 2.23. The summed E-state index contributed by atoms with van der Waals surface area (Å²) in [5.74, 6) is -0.260. The summed E-state index contributed by atoms with van der Waals surface area (Å²) in [6, 6.07) is 0. The average molecular weight is 323 g/mol. The molecule has 1 heterocycles. The fraction of sp³-hybridized carbons (Fsp3) is 0.818. The molecular formula is C11H21N3O4S2. The molecule has 0 bridgehead atoms. The van der Waals surface area contributed by atoms with Gasteiger partial charge in [-0.3, -0.25) is 4.79 Å². The van der Waals surface area contributed by atoms with Crippen molar-refractivity contribution < 1.29 is 18.4 Å². The molecule has 1 fully saturated rings. The van der Waals surface area contributed by atoms with Crippen molar-refractivity contribution in [3.63, 3.8) is 0 Å². The van der Waals surface area contributed by atoms with Crippen molar-refractivity contribution in [1.82, 2.24) is 4.90 Å². The second kappa shape index (κ2) is 7.16. The Morgan fingerprint density at radius 3 is 2.75 bits per heavy atom. The van der Waals surface area contributed by atoms with Crippen LogP contribution in [-0.2, 0) is 14.6 Å². The van der Waals surface area contributed by atoms with Crippen LogP contribution in [0.1, 0.15) is 19.8 Å². The molecule has 0 radical (unpaired) electrons. The highest BCUT2D eigenvalue weighted by molar-refractivity contribution is 8.00. The van der Waals surface area contributed by atoms with Crippen LogP contribution in [0.25, 0.3) is 0 Å². The number of rotatable bonds is 5. The molecule has 0 aromatic heterocycles. The van der Waals surface area contributed by atoms with Crippen LogP contribution in [0.4, 0.5) is 0 Å². The summed E-state index contributed by atoms with van der Waals surface area (Å²) in [5, 5.41) is 10.8. The number of oxime groups is 1. The van der Waals surface area contributed by atoms with Crippen LogP contribution in [-0.4, -0.2) is 59.9 Å². The lowest BCUT2D eigenvalue weighted by Crippen LogP contribution is -2.53. The quantitative estimate of drug-likeness (QED) is 0.321. The fourth-order valence-electron chi connectivity index (χ4n) is 2.14. The van der Waals surface area contributed by atoms with Crippen LogP contribution in [0, 0.1) is 5.92 Å². The Morgan fingerprint density at radius 1 is 1.60 bits per heavy atom. The number of hydrogen-bond acceptors (Lipinski definition) is 6. The number of amides is 1. The molecule has 1 aliphatic rings. The minimum absolute atomic E-state index is 0.165. The van der Waals surface area contributed by atoms with Crippen LogP contribution in [0.3, 0.4) is 0 Å². The standard InChI is InChI=1S/C11H21N3O4S2/c1-3-4-8(10(12)13-16)11(15)14-5-6-19-7-9(14)20(2,17)18/h8-9,16H,3-7H2,1-2H3,(H2,12,13). The zero-order valence-electron chi connectivity index (χ0n) is 11.7. The minimum atomic E-state index is -3.36. The average Bonchev–Trinajstić information content (AvgIpc) is 2.42. The lowest BCUT2D eigenvalue weighted by atomic mass is 10.0. The molecular weight excluding hydrogens is 302 g/mol. The van der Waals surface area contributed by atoms with E-state index in [4.69, 9.17) is 10.9 Å². The van der Waals surface area contributed by atoms with Gasteiger partial charge in [0.05, 0.1) is 5.92 Å². The van der Waals surface area contributed by atoms with Crippen molar-refractivity contribution in [1.29, 1.82) is 0 Å². The molecule has 7 nitrogen and oxygen atoms in total. The summed E-state index contributed by atoms with van der Waals surface area (Å²) in [7, 11) is -3.36. The summed E-state index contributed by atoms with van der Waals surface area (Å²) in [6.45, 7) is 2.24. The first-order valence-electron chi connectivity index (χ1n) is 6.37. The number of nitrogens with zero attached hydrogens (tertiary/aromatic N) is 2. The fourth-order valence-corrected chi connectivity index (χ4v) is 4.97. The Labute approximate surface area is 123 Å². The number of carbonyl (C=O) groups excluding carboxylic acids is 1. The monoisotopic (exact) mass is 323 g/mol. The number of carbonyl (C=O) groups is 1. The second-order valence-corrected chi connectivity index (χ2v) is 8.11. The van der Waals surface area contributed by atoms with Crippen LogP contribution in [0.2, 0.25) is 0 Å². The van der Waals surface area contributed by atoms with E-state index < -0.39 is 21.1 Å². The van der Waals surface area contributed by atoms with E-state index in [1.54, 1.807) is 0 Å². The summed E-state index contributed by atoms with van der Waals surface area (Å²) < 4.78 is 23.6. The van der Waals surface area contributed by atoms with E-state index in [0.29, 0.717) is 30.9 Å². The number of sulfone groups is 1. The van der Waals surface area contributed by atoms with E-state index in [9.17, 15) is 13.2 Å². The van der Waals surface area contributed by atoms with Gasteiger partial charge in [0.2, 0.25) is 5.91 Å². The molecule has 1 rings (SSSR count). The first kappa shape index (κ1) is 17.1. The molecule has 0 spiro atoms. The molecule has 2 unspecified atom stereocenters. The van der Waals surface area contributed by atoms with Crippen LogP contribution < -0.4 is 5.73 Å². The molecule has 116 valence electrons. The van der Waals surface area contributed by atoms with Crippen LogP contribution in [0.5, 0.6) is 0 Å². The summed E-state index contributed by atoms with van der Waals surface area (Å²) >= 11 is 1.51. The van der Waals surface area contributed by atoms with Gasteiger partial charge in [0.15, 0.2) is 15.7 Å². The molecule has 0 aromatic rings. The van der Waals surface area contributed by atoms with Crippen molar-refractivity contribution in [2.45, 2.75) is 25.1 Å². The maximum atomic E-state index is 12.5. The van der Waals surface area contributed by atoms with Gasteiger partial charge in [-0.15, -0.1) is 0 Å². The molecule has 1 aliphatic heterocycles. The third-order valence-electron chi connectivity index (χ3n) is 3.21. The van der Waals surface area contributed by atoms with E-state index in [1.807, 2.05) is 6.92 Å². The molecule has 0 aromatic carbocycles. The van der Waals surface area contributed by atoms with Gasteiger partial charge >= 0.3 is 0 Å². The van der Waals surface area contributed by atoms with Gasteiger partial charge in [0.25, 0.3) is 0 Å². The SMILES string of the molecule is CCCC(C(=O)N1CCSCC1S(C)(=O)=O)C(N)=NO. The molecule has 0 aliphatic carbocycles. The normalized spacial score (nSPS) is 22.6. The van der Waals surface area contributed by atoms with E-state index in [-0.39, 0.29) is 11.7 Å². The topological polar surface area (TPSA) is 113 Å². The Kier molecular flexibility index (Phi) is 6.12. The number of nitrogens with two attached hydrogens (primary N) is 1. The van der Waals surface area contributed by atoms with Crippen molar-refractivity contribution in [2.24, 2.45) is 16.8 Å². The first-order chi connectivity index (χ1) is 9.32. The van der Waals surface area contributed by atoms with Gasteiger partial charge in [0.1, 0.15) is 5.37 Å². The Morgan fingerprint density at radius 2 is 2.25 bits per heavy atom. The smallest absolute Gasteiger partial charge is 0.234 e. The minimum Gasteiger partial charge on any atom is -0.409 e. The van der Waals surface area contributed by atoms with Crippen molar-refractivity contribution in [3.05, 3.63) is 0 Å². The Bertz CT molecular complexity index is 478. The van der Waals surface area contributed by atoms with Crippen molar-refractivity contribution in [2.75, 3.05) is 24.3 Å². The predicted molar refractivity (Wildman–Crippen MR) is 79.5 cm³/mol. The zero-order chi connectivity index (χ0) is 15.3. The van der Waals surface area contributed by atoms with E-state index >= 15 is 0 Å². The molecule has 20 heavy (non-hydrogen) atoms. The van der Waals surface area contributed by atoms with Gasteiger partial charge in [-0.05, 0) is 6.42 Å². The van der Waals surface area contributed by atoms with Gasteiger partial charge in [-0.2, -0.15) is 11.8 Å². The van der Waals surface area contributed by atoms with Gasteiger partial charge in [-0.1, -0.05) is 18.5 Å². The summed E-state index contributed by atoms with van der Waals surface area (Å²) in [5.41, 5.74) is 5.56. The molecule has 1 saturated heterocycles. The number of amidine groups is 1.